The van der Waals surface area contributed by atoms with Gasteiger partial charge in [-0.3, -0.25) is 4.79 Å². The van der Waals surface area contributed by atoms with E-state index in [0.29, 0.717) is 17.1 Å². The summed E-state index contributed by atoms with van der Waals surface area (Å²) in [6.45, 7) is 4.23. The van der Waals surface area contributed by atoms with Crippen LogP contribution in [0.3, 0.4) is 0 Å². The Morgan fingerprint density at radius 1 is 1.44 bits per heavy atom. The van der Waals surface area contributed by atoms with Crippen molar-refractivity contribution in [1.29, 1.82) is 0 Å². The quantitative estimate of drug-likeness (QED) is 0.928. The number of carbonyl (C=O) groups is 1. The predicted molar refractivity (Wildman–Crippen MR) is 92.7 cm³/mol. The van der Waals surface area contributed by atoms with Gasteiger partial charge in [-0.15, -0.1) is 0 Å². The zero-order valence-corrected chi connectivity index (χ0v) is 14.5. The van der Waals surface area contributed by atoms with Crippen molar-refractivity contribution in [3.05, 3.63) is 35.0 Å². The van der Waals surface area contributed by atoms with Crippen LogP contribution in [0.2, 0.25) is 0 Å². The minimum Gasteiger partial charge on any atom is -0.474 e. The minimum absolute atomic E-state index is 0.00549. The van der Waals surface area contributed by atoms with Crippen LogP contribution in [-0.2, 0) is 13.0 Å². The molecule has 1 saturated carbocycles. The van der Waals surface area contributed by atoms with Crippen molar-refractivity contribution < 1.29 is 13.9 Å². The van der Waals surface area contributed by atoms with Gasteiger partial charge in [0, 0.05) is 6.04 Å². The lowest BCUT2D eigenvalue weighted by Gasteiger charge is -2.19. The number of carbonyl (C=O) groups excluding carboxylic acids is 1. The topological polar surface area (TPSA) is 56.2 Å². The van der Waals surface area contributed by atoms with Gasteiger partial charge < -0.3 is 10.1 Å². The second-order valence-corrected chi connectivity index (χ2v) is 6.87. The molecule has 1 aromatic heterocycles. The molecule has 0 spiro atoms. The summed E-state index contributed by atoms with van der Waals surface area (Å²) < 4.78 is 20.8. The molecule has 1 aliphatic heterocycles. The number of aromatic nitrogens is 2. The number of nitrogens with zero attached hydrogens (tertiary/aromatic N) is 2. The van der Waals surface area contributed by atoms with E-state index in [1.54, 1.807) is 0 Å². The van der Waals surface area contributed by atoms with Gasteiger partial charge in [0.25, 0.3) is 5.91 Å². The van der Waals surface area contributed by atoms with Crippen LogP contribution < -0.4 is 10.1 Å². The average molecular weight is 343 g/mol. The van der Waals surface area contributed by atoms with Crippen molar-refractivity contribution in [3.63, 3.8) is 0 Å². The Bertz CT molecular complexity index is 826. The normalized spacial score (nSPS) is 19.2. The third-order valence-electron chi connectivity index (χ3n) is 4.77. The number of amides is 1. The first-order valence-corrected chi connectivity index (χ1v) is 8.85. The van der Waals surface area contributed by atoms with Gasteiger partial charge in [-0.1, -0.05) is 25.1 Å². The molecule has 2 heterocycles. The van der Waals surface area contributed by atoms with Crippen LogP contribution in [0.5, 0.6) is 5.88 Å². The SMILES string of the molecule is CCc1ccc(-c2c(C(=O)NC3CC3)nn3c2OCC(F)C3)c(C)c1. The van der Waals surface area contributed by atoms with Crippen LogP contribution in [0.15, 0.2) is 18.2 Å². The zero-order valence-electron chi connectivity index (χ0n) is 14.5. The van der Waals surface area contributed by atoms with Crippen LogP contribution in [-0.4, -0.2) is 34.5 Å². The molecule has 1 atom stereocenters. The molecule has 0 saturated heterocycles. The summed E-state index contributed by atoms with van der Waals surface area (Å²) in [7, 11) is 0. The van der Waals surface area contributed by atoms with E-state index in [1.165, 1.54) is 10.2 Å². The third-order valence-corrected chi connectivity index (χ3v) is 4.77. The van der Waals surface area contributed by atoms with Crippen molar-refractivity contribution in [2.75, 3.05) is 6.61 Å². The summed E-state index contributed by atoms with van der Waals surface area (Å²) in [5, 5.41) is 7.36. The highest BCUT2D eigenvalue weighted by Crippen LogP contribution is 2.38. The number of alkyl halides is 1. The molecule has 132 valence electrons. The lowest BCUT2D eigenvalue weighted by atomic mass is 9.97. The molecular formula is C19H22FN3O2. The summed E-state index contributed by atoms with van der Waals surface area (Å²) >= 11 is 0. The second kappa shape index (κ2) is 6.17. The van der Waals surface area contributed by atoms with E-state index in [9.17, 15) is 9.18 Å². The summed E-state index contributed by atoms with van der Waals surface area (Å²) in [4.78, 5) is 12.7. The smallest absolute Gasteiger partial charge is 0.272 e. The molecule has 1 N–H and O–H groups in total. The summed E-state index contributed by atoms with van der Waals surface area (Å²) in [5.41, 5.74) is 4.20. The van der Waals surface area contributed by atoms with Crippen LogP contribution in [0.1, 0.15) is 41.4 Å². The van der Waals surface area contributed by atoms with Crippen LogP contribution in [0, 0.1) is 6.92 Å². The second-order valence-electron chi connectivity index (χ2n) is 6.87. The molecule has 1 unspecified atom stereocenters. The summed E-state index contributed by atoms with van der Waals surface area (Å²) in [6, 6.07) is 6.40. The molecule has 5 nitrogen and oxygen atoms in total. The molecule has 1 aliphatic carbocycles. The zero-order chi connectivity index (χ0) is 17.6. The fourth-order valence-electron chi connectivity index (χ4n) is 3.24. The van der Waals surface area contributed by atoms with Gasteiger partial charge in [-0.2, -0.15) is 5.10 Å². The molecule has 1 fully saturated rings. The first-order chi connectivity index (χ1) is 12.1. The largest absolute Gasteiger partial charge is 0.474 e. The van der Waals surface area contributed by atoms with Crippen LogP contribution in [0.4, 0.5) is 4.39 Å². The number of aryl methyl sites for hydroxylation is 2. The van der Waals surface area contributed by atoms with Gasteiger partial charge >= 0.3 is 0 Å². The monoisotopic (exact) mass is 343 g/mol. The molecule has 1 aromatic carbocycles. The van der Waals surface area contributed by atoms with Gasteiger partial charge in [0.15, 0.2) is 11.9 Å². The Hall–Kier alpha value is -2.37. The minimum atomic E-state index is -1.11. The van der Waals surface area contributed by atoms with Crippen molar-refractivity contribution in [1.82, 2.24) is 15.1 Å². The predicted octanol–water partition coefficient (Wildman–Crippen LogP) is 3.04. The number of rotatable bonds is 4. The van der Waals surface area contributed by atoms with Crippen LogP contribution in [0.25, 0.3) is 11.1 Å². The maximum atomic E-state index is 13.7. The molecule has 6 heteroatoms. The van der Waals surface area contributed by atoms with Crippen LogP contribution >= 0.6 is 0 Å². The van der Waals surface area contributed by atoms with Crippen molar-refractivity contribution in [2.24, 2.45) is 0 Å². The van der Waals surface area contributed by atoms with Gasteiger partial charge in [-0.05, 0) is 42.9 Å². The maximum absolute atomic E-state index is 13.7. The number of hydrogen-bond acceptors (Lipinski definition) is 3. The Morgan fingerprint density at radius 2 is 2.24 bits per heavy atom. The fourth-order valence-corrected chi connectivity index (χ4v) is 3.24. The van der Waals surface area contributed by atoms with Gasteiger partial charge in [0.2, 0.25) is 5.88 Å². The van der Waals surface area contributed by atoms with Crippen molar-refractivity contribution in [2.45, 2.75) is 51.9 Å². The molecule has 0 bridgehead atoms. The number of fused-ring (bicyclic) bond motifs is 1. The lowest BCUT2D eigenvalue weighted by molar-refractivity contribution is 0.0944. The molecule has 2 aliphatic rings. The fraction of sp³-hybridized carbons (Fsp3) is 0.474. The average Bonchev–Trinajstić information content (AvgIpc) is 3.33. The van der Waals surface area contributed by atoms with Gasteiger partial charge in [0.1, 0.15) is 6.61 Å². The summed E-state index contributed by atoms with van der Waals surface area (Å²) in [6.07, 6.45) is 1.84. The molecular weight excluding hydrogens is 321 g/mol. The number of hydrogen-bond donors (Lipinski definition) is 1. The van der Waals surface area contributed by atoms with Crippen molar-refractivity contribution in [3.8, 4) is 17.0 Å². The standard InChI is InChI=1S/C19H22FN3O2/c1-3-12-4-7-15(11(2)8-12)16-17(18(24)21-14-5-6-14)22-23-9-13(20)10-25-19(16)23/h4,7-8,13-14H,3,5-6,9-10H2,1-2H3,(H,21,24). The Morgan fingerprint density at radius 3 is 2.92 bits per heavy atom. The molecule has 4 rings (SSSR count). The van der Waals surface area contributed by atoms with Crippen molar-refractivity contribution >= 4 is 5.91 Å². The Balaban J connectivity index is 1.82. The third kappa shape index (κ3) is 3.01. The number of benzene rings is 1. The Labute approximate surface area is 146 Å². The number of ether oxygens (including phenoxy) is 1. The number of halogens is 1. The highest BCUT2D eigenvalue weighted by Gasteiger charge is 2.33. The van der Waals surface area contributed by atoms with Gasteiger partial charge in [-0.25, -0.2) is 9.07 Å². The Kier molecular flexibility index (Phi) is 3.98. The molecule has 2 aromatic rings. The lowest BCUT2D eigenvalue weighted by Crippen LogP contribution is -2.27. The first-order valence-electron chi connectivity index (χ1n) is 8.85. The van der Waals surface area contributed by atoms with E-state index in [1.807, 2.05) is 13.0 Å². The number of nitrogens with one attached hydrogen (secondary N) is 1. The van der Waals surface area contributed by atoms with E-state index in [4.69, 9.17) is 4.74 Å². The van der Waals surface area contributed by atoms with E-state index >= 15 is 0 Å². The highest BCUT2D eigenvalue weighted by atomic mass is 19.1. The van der Waals surface area contributed by atoms with E-state index in [2.05, 4.69) is 29.5 Å². The summed E-state index contributed by atoms with van der Waals surface area (Å²) in [5.74, 6) is 0.277. The first kappa shape index (κ1) is 16.1. The highest BCUT2D eigenvalue weighted by molar-refractivity contribution is 6.01. The molecule has 25 heavy (non-hydrogen) atoms. The van der Waals surface area contributed by atoms with E-state index in [0.717, 1.165) is 30.4 Å². The molecule has 0 radical (unpaired) electrons. The van der Waals surface area contributed by atoms with E-state index in [-0.39, 0.29) is 25.1 Å². The maximum Gasteiger partial charge on any atom is 0.272 e. The van der Waals surface area contributed by atoms with Gasteiger partial charge in [0.05, 0.1) is 12.1 Å². The molecule has 1 amide bonds. The van der Waals surface area contributed by atoms with E-state index < -0.39 is 6.17 Å².